The molecule has 0 radical (unpaired) electrons. The van der Waals surface area contributed by atoms with Crippen LogP contribution in [0, 0.1) is 0 Å². The Morgan fingerprint density at radius 3 is 2.41 bits per heavy atom. The summed E-state index contributed by atoms with van der Waals surface area (Å²) in [6, 6.07) is 11.8. The van der Waals surface area contributed by atoms with Crippen molar-refractivity contribution in [2.24, 2.45) is 5.73 Å². The third-order valence-electron chi connectivity index (χ3n) is 7.59. The molecule has 4 N–H and O–H groups in total. The van der Waals surface area contributed by atoms with Gasteiger partial charge in [0.1, 0.15) is 12.1 Å². The van der Waals surface area contributed by atoms with Crippen LogP contribution in [0.1, 0.15) is 55.2 Å². The number of likely N-dealkylation sites (tertiary alicyclic amines) is 2. The molecule has 2 atom stereocenters. The molecular formula is C29H38ClN5O5S. The van der Waals surface area contributed by atoms with Crippen LogP contribution in [0.5, 0.6) is 0 Å². The SMILES string of the molecule is NCc1ccc(Cl)cc1CNC(=O)[C@@H]1CCCN1C(=O)[C@@H](CC(=O)N1CCCCC1)NS(=O)(=O)Cc1ccccc1. The fourth-order valence-electron chi connectivity index (χ4n) is 5.44. The van der Waals surface area contributed by atoms with Crippen LogP contribution in [-0.2, 0) is 43.2 Å². The fourth-order valence-corrected chi connectivity index (χ4v) is 6.97. The van der Waals surface area contributed by atoms with E-state index in [1.54, 1.807) is 53.4 Å². The van der Waals surface area contributed by atoms with Gasteiger partial charge in [0.25, 0.3) is 0 Å². The van der Waals surface area contributed by atoms with Gasteiger partial charge in [0.15, 0.2) is 0 Å². The van der Waals surface area contributed by atoms with E-state index in [2.05, 4.69) is 10.0 Å². The molecule has 2 saturated heterocycles. The third kappa shape index (κ3) is 8.51. The number of halogens is 1. The number of nitrogens with one attached hydrogen (secondary N) is 2. The molecule has 0 aromatic heterocycles. The lowest BCUT2D eigenvalue weighted by atomic mass is 10.1. The third-order valence-corrected chi connectivity index (χ3v) is 9.18. The highest BCUT2D eigenvalue weighted by Crippen LogP contribution is 2.22. The zero-order chi connectivity index (χ0) is 29.4. The van der Waals surface area contributed by atoms with E-state index in [0.717, 1.165) is 30.4 Å². The van der Waals surface area contributed by atoms with E-state index in [-0.39, 0.29) is 43.6 Å². The largest absolute Gasteiger partial charge is 0.350 e. The number of nitrogens with two attached hydrogens (primary N) is 1. The number of nitrogens with zero attached hydrogens (tertiary/aromatic N) is 2. The summed E-state index contributed by atoms with van der Waals surface area (Å²) in [5, 5.41) is 3.40. The molecule has 4 rings (SSSR count). The van der Waals surface area contributed by atoms with Crippen molar-refractivity contribution in [1.29, 1.82) is 0 Å². The summed E-state index contributed by atoms with van der Waals surface area (Å²) >= 11 is 6.12. The minimum absolute atomic E-state index is 0.186. The number of amides is 3. The summed E-state index contributed by atoms with van der Waals surface area (Å²) in [7, 11) is -3.97. The molecule has 2 aliphatic heterocycles. The van der Waals surface area contributed by atoms with E-state index in [1.807, 2.05) is 0 Å². The smallest absolute Gasteiger partial charge is 0.243 e. The molecule has 0 unspecified atom stereocenters. The highest BCUT2D eigenvalue weighted by Gasteiger charge is 2.39. The number of carbonyl (C=O) groups excluding carboxylic acids is 3. The number of sulfonamides is 1. The van der Waals surface area contributed by atoms with Crippen LogP contribution in [0.25, 0.3) is 0 Å². The van der Waals surface area contributed by atoms with Gasteiger partial charge >= 0.3 is 0 Å². The van der Waals surface area contributed by atoms with Crippen LogP contribution in [0.4, 0.5) is 0 Å². The highest BCUT2D eigenvalue weighted by atomic mass is 35.5. The van der Waals surface area contributed by atoms with Gasteiger partial charge in [0.05, 0.1) is 12.2 Å². The predicted octanol–water partition coefficient (Wildman–Crippen LogP) is 2.30. The van der Waals surface area contributed by atoms with E-state index in [1.165, 1.54) is 4.90 Å². The van der Waals surface area contributed by atoms with Crippen LogP contribution < -0.4 is 15.8 Å². The molecule has 10 nitrogen and oxygen atoms in total. The lowest BCUT2D eigenvalue weighted by molar-refractivity contribution is -0.142. The quantitative estimate of drug-likeness (QED) is 0.360. The number of rotatable bonds is 11. The molecule has 2 aromatic carbocycles. The van der Waals surface area contributed by atoms with Crippen LogP contribution in [-0.4, -0.2) is 67.7 Å². The Labute approximate surface area is 246 Å². The van der Waals surface area contributed by atoms with Crippen molar-refractivity contribution in [2.75, 3.05) is 19.6 Å². The molecule has 2 heterocycles. The van der Waals surface area contributed by atoms with Crippen molar-refractivity contribution in [2.45, 2.75) is 69.5 Å². The molecule has 0 spiro atoms. The van der Waals surface area contributed by atoms with Gasteiger partial charge in [0.2, 0.25) is 27.7 Å². The second kappa shape index (κ2) is 14.3. The summed E-state index contributed by atoms with van der Waals surface area (Å²) in [4.78, 5) is 43.3. The van der Waals surface area contributed by atoms with Crippen molar-refractivity contribution < 1.29 is 22.8 Å². The van der Waals surface area contributed by atoms with Crippen molar-refractivity contribution >= 4 is 39.3 Å². The van der Waals surface area contributed by atoms with Gasteiger partial charge in [-0.15, -0.1) is 0 Å². The molecule has 0 bridgehead atoms. The molecule has 0 saturated carbocycles. The first-order valence-corrected chi connectivity index (χ1v) is 16.1. The zero-order valence-electron chi connectivity index (χ0n) is 23.1. The van der Waals surface area contributed by atoms with Gasteiger partial charge in [-0.25, -0.2) is 13.1 Å². The lowest BCUT2D eigenvalue weighted by Crippen LogP contribution is -2.55. The zero-order valence-corrected chi connectivity index (χ0v) is 24.6. The van der Waals surface area contributed by atoms with Gasteiger partial charge in [0, 0.05) is 37.7 Å². The standard InChI is InChI=1S/C29H38ClN5O5S/c30-24-12-11-22(18-31)23(16-24)19-32-28(37)26-10-7-15-35(26)29(38)25(17-27(36)34-13-5-2-6-14-34)33-41(39,40)20-21-8-3-1-4-9-21/h1,3-4,8-9,11-12,16,25-26,33H,2,5-7,10,13-15,17-20,31H2,(H,32,37)/t25-,26+/m1/s1. The average molecular weight is 604 g/mol. The second-order valence-electron chi connectivity index (χ2n) is 10.6. The Morgan fingerprint density at radius 2 is 1.71 bits per heavy atom. The Kier molecular flexibility index (Phi) is 10.8. The summed E-state index contributed by atoms with van der Waals surface area (Å²) < 4.78 is 28.8. The van der Waals surface area contributed by atoms with E-state index >= 15 is 0 Å². The van der Waals surface area contributed by atoms with Gasteiger partial charge in [-0.1, -0.05) is 48.0 Å². The van der Waals surface area contributed by atoms with E-state index in [0.29, 0.717) is 36.5 Å². The molecular weight excluding hydrogens is 566 g/mol. The number of hydrogen-bond acceptors (Lipinski definition) is 6. The van der Waals surface area contributed by atoms with Crippen LogP contribution in [0.2, 0.25) is 5.02 Å². The Balaban J connectivity index is 1.49. The van der Waals surface area contributed by atoms with Crippen molar-refractivity contribution in [3.8, 4) is 0 Å². The maximum atomic E-state index is 13.8. The minimum Gasteiger partial charge on any atom is -0.350 e. The molecule has 0 aliphatic carbocycles. The molecule has 222 valence electrons. The first kappa shape index (κ1) is 31.0. The maximum absolute atomic E-state index is 13.8. The first-order chi connectivity index (χ1) is 19.7. The predicted molar refractivity (Wildman–Crippen MR) is 157 cm³/mol. The van der Waals surface area contributed by atoms with E-state index < -0.39 is 28.0 Å². The summed E-state index contributed by atoms with van der Waals surface area (Å²) in [6.45, 7) is 1.92. The Hall–Kier alpha value is -2.99. The summed E-state index contributed by atoms with van der Waals surface area (Å²) in [5.74, 6) is -1.54. The fraction of sp³-hybridized carbons (Fsp3) is 0.483. The van der Waals surface area contributed by atoms with Gasteiger partial charge in [-0.05, 0) is 60.9 Å². The second-order valence-corrected chi connectivity index (χ2v) is 12.8. The van der Waals surface area contributed by atoms with E-state index in [4.69, 9.17) is 17.3 Å². The van der Waals surface area contributed by atoms with Crippen molar-refractivity contribution in [1.82, 2.24) is 19.8 Å². The minimum atomic E-state index is -3.97. The van der Waals surface area contributed by atoms with Gasteiger partial charge in [-0.3, -0.25) is 14.4 Å². The number of hydrogen-bond donors (Lipinski definition) is 3. The Bertz CT molecular complexity index is 1330. The average Bonchev–Trinajstić information content (AvgIpc) is 3.46. The van der Waals surface area contributed by atoms with Crippen molar-refractivity contribution in [3.05, 3.63) is 70.2 Å². The van der Waals surface area contributed by atoms with Gasteiger partial charge < -0.3 is 20.9 Å². The Morgan fingerprint density at radius 1 is 0.976 bits per heavy atom. The number of carbonyl (C=O) groups is 3. The summed E-state index contributed by atoms with van der Waals surface area (Å²) in [6.07, 6.45) is 3.48. The molecule has 41 heavy (non-hydrogen) atoms. The van der Waals surface area contributed by atoms with E-state index in [9.17, 15) is 22.8 Å². The highest BCUT2D eigenvalue weighted by molar-refractivity contribution is 7.88. The molecule has 2 fully saturated rings. The maximum Gasteiger partial charge on any atom is 0.243 e. The topological polar surface area (TPSA) is 142 Å². The number of piperidine rings is 1. The van der Waals surface area contributed by atoms with Crippen LogP contribution >= 0.6 is 11.6 Å². The van der Waals surface area contributed by atoms with Crippen molar-refractivity contribution in [3.63, 3.8) is 0 Å². The monoisotopic (exact) mass is 603 g/mol. The molecule has 12 heteroatoms. The summed E-state index contributed by atoms with van der Waals surface area (Å²) in [5.41, 5.74) is 8.01. The molecule has 2 aliphatic rings. The van der Waals surface area contributed by atoms with Crippen LogP contribution in [0.15, 0.2) is 48.5 Å². The molecule has 3 amide bonds. The van der Waals surface area contributed by atoms with Gasteiger partial charge in [-0.2, -0.15) is 0 Å². The molecule has 2 aromatic rings. The lowest BCUT2D eigenvalue weighted by Gasteiger charge is -2.31. The van der Waals surface area contributed by atoms with Crippen LogP contribution in [0.3, 0.4) is 0 Å². The first-order valence-electron chi connectivity index (χ1n) is 14.0. The normalized spacial score (nSPS) is 18.2. The number of benzene rings is 2.